The fraction of sp³-hybridized carbons (Fsp3) is 0.733. The molecule has 21 heavy (non-hydrogen) atoms. The number of hydrogen-bond acceptors (Lipinski definition) is 5. The molecule has 0 bridgehead atoms. The number of aromatic nitrogens is 3. The minimum absolute atomic E-state index is 0.0413. The Balaban J connectivity index is 1.63. The lowest BCUT2D eigenvalue weighted by molar-refractivity contribution is 0.123. The molecule has 1 saturated carbocycles. The summed E-state index contributed by atoms with van der Waals surface area (Å²) >= 11 is 1.54. The van der Waals surface area contributed by atoms with Crippen LogP contribution in [0.1, 0.15) is 52.1 Å². The summed E-state index contributed by atoms with van der Waals surface area (Å²) in [5.41, 5.74) is 1.10. The number of aliphatic hydroxyl groups is 1. The second-order valence-electron chi connectivity index (χ2n) is 7.00. The molecule has 0 spiro atoms. The van der Waals surface area contributed by atoms with E-state index in [1.807, 2.05) is 10.7 Å². The SMILES string of the molecule is CC(C)(C)c1cn2nc(NCC(O)C3CCCC3)sc2n1. The highest BCUT2D eigenvalue weighted by Crippen LogP contribution is 2.29. The van der Waals surface area contributed by atoms with Gasteiger partial charge in [0.25, 0.3) is 0 Å². The monoisotopic (exact) mass is 308 g/mol. The first-order chi connectivity index (χ1) is 9.93. The van der Waals surface area contributed by atoms with Gasteiger partial charge in [0.2, 0.25) is 10.1 Å². The fourth-order valence-corrected chi connectivity index (χ4v) is 3.62. The quantitative estimate of drug-likeness (QED) is 0.911. The van der Waals surface area contributed by atoms with E-state index in [0.717, 1.165) is 28.6 Å². The predicted molar refractivity (Wildman–Crippen MR) is 86.0 cm³/mol. The molecule has 2 N–H and O–H groups in total. The largest absolute Gasteiger partial charge is 0.391 e. The van der Waals surface area contributed by atoms with E-state index in [9.17, 15) is 5.11 Å². The number of anilines is 1. The lowest BCUT2D eigenvalue weighted by atomic mass is 9.93. The average Bonchev–Trinajstić information content (AvgIpc) is 3.09. The van der Waals surface area contributed by atoms with Gasteiger partial charge in [-0.05, 0) is 18.8 Å². The predicted octanol–water partition coefficient (Wildman–Crippen LogP) is 3.05. The van der Waals surface area contributed by atoms with Gasteiger partial charge in [-0.15, -0.1) is 5.10 Å². The molecule has 0 aromatic carbocycles. The molecule has 5 nitrogen and oxygen atoms in total. The molecule has 0 radical (unpaired) electrons. The first-order valence-corrected chi connectivity index (χ1v) is 8.54. The molecule has 2 aromatic heterocycles. The molecule has 2 aromatic rings. The normalized spacial score (nSPS) is 18.5. The minimum Gasteiger partial charge on any atom is -0.391 e. The summed E-state index contributed by atoms with van der Waals surface area (Å²) in [6.45, 7) is 7.02. The average molecular weight is 308 g/mol. The van der Waals surface area contributed by atoms with Crippen molar-refractivity contribution in [1.82, 2.24) is 14.6 Å². The zero-order valence-electron chi connectivity index (χ0n) is 13.0. The molecule has 1 aliphatic rings. The van der Waals surface area contributed by atoms with Crippen LogP contribution in [0, 0.1) is 5.92 Å². The maximum absolute atomic E-state index is 10.2. The van der Waals surface area contributed by atoms with E-state index in [0.29, 0.717) is 12.5 Å². The number of aliphatic hydroxyl groups excluding tert-OH is 1. The van der Waals surface area contributed by atoms with Crippen LogP contribution in [0.25, 0.3) is 4.96 Å². The molecular formula is C15H24N4OS. The maximum Gasteiger partial charge on any atom is 0.214 e. The minimum atomic E-state index is -0.270. The molecule has 0 amide bonds. The Bertz CT molecular complexity index is 575. The van der Waals surface area contributed by atoms with E-state index in [-0.39, 0.29) is 11.5 Å². The zero-order valence-corrected chi connectivity index (χ0v) is 13.8. The lowest BCUT2D eigenvalue weighted by Gasteiger charge is -2.17. The van der Waals surface area contributed by atoms with Crippen molar-refractivity contribution < 1.29 is 5.11 Å². The van der Waals surface area contributed by atoms with Gasteiger partial charge in [-0.1, -0.05) is 44.9 Å². The van der Waals surface area contributed by atoms with E-state index < -0.39 is 0 Å². The third kappa shape index (κ3) is 3.21. The topological polar surface area (TPSA) is 62.5 Å². The van der Waals surface area contributed by atoms with E-state index in [1.54, 1.807) is 0 Å². The standard InChI is InChI=1S/C15H24N4OS/c1-15(2,3)12-9-19-14(17-12)21-13(18-19)16-8-11(20)10-6-4-5-7-10/h9-11,20H,4-8H2,1-3H3,(H,16,18). The first kappa shape index (κ1) is 14.8. The first-order valence-electron chi connectivity index (χ1n) is 7.72. The third-order valence-corrected chi connectivity index (χ3v) is 5.10. The Hall–Kier alpha value is -1.14. The fourth-order valence-electron chi connectivity index (χ4n) is 2.83. The Morgan fingerprint density at radius 2 is 2.14 bits per heavy atom. The number of nitrogens with one attached hydrogen (secondary N) is 1. The molecule has 1 aliphatic carbocycles. The summed E-state index contributed by atoms with van der Waals surface area (Å²) in [4.78, 5) is 5.53. The molecule has 0 saturated heterocycles. The van der Waals surface area contributed by atoms with Gasteiger partial charge >= 0.3 is 0 Å². The van der Waals surface area contributed by atoms with E-state index in [2.05, 4.69) is 36.2 Å². The second-order valence-corrected chi connectivity index (χ2v) is 7.96. The molecular weight excluding hydrogens is 284 g/mol. The van der Waals surface area contributed by atoms with E-state index in [4.69, 9.17) is 0 Å². The van der Waals surface area contributed by atoms with Crippen LogP contribution in [-0.4, -0.2) is 32.4 Å². The van der Waals surface area contributed by atoms with Crippen LogP contribution in [0.4, 0.5) is 5.13 Å². The van der Waals surface area contributed by atoms with Crippen LogP contribution < -0.4 is 5.32 Å². The molecule has 1 fully saturated rings. The van der Waals surface area contributed by atoms with Crippen LogP contribution in [0.15, 0.2) is 6.20 Å². The summed E-state index contributed by atoms with van der Waals surface area (Å²) in [7, 11) is 0. The van der Waals surface area contributed by atoms with Gasteiger partial charge in [-0.3, -0.25) is 0 Å². The second kappa shape index (κ2) is 5.57. The smallest absolute Gasteiger partial charge is 0.214 e. The number of fused-ring (bicyclic) bond motifs is 1. The van der Waals surface area contributed by atoms with Crippen molar-refractivity contribution in [3.8, 4) is 0 Å². The highest BCUT2D eigenvalue weighted by molar-refractivity contribution is 7.20. The van der Waals surface area contributed by atoms with E-state index in [1.165, 1.54) is 24.2 Å². The maximum atomic E-state index is 10.2. The summed E-state index contributed by atoms with van der Waals surface area (Å²) in [5.74, 6) is 0.453. The van der Waals surface area contributed by atoms with Gasteiger partial charge in [0.15, 0.2) is 0 Å². The summed E-state index contributed by atoms with van der Waals surface area (Å²) in [5, 5.41) is 18.8. The lowest BCUT2D eigenvalue weighted by Crippen LogP contribution is -2.26. The molecule has 2 heterocycles. The van der Waals surface area contributed by atoms with E-state index >= 15 is 0 Å². The van der Waals surface area contributed by atoms with Crippen LogP contribution in [0.5, 0.6) is 0 Å². The Morgan fingerprint density at radius 3 is 2.76 bits per heavy atom. The summed E-state index contributed by atoms with van der Waals surface area (Å²) in [6.07, 6.45) is 6.53. The van der Waals surface area contributed by atoms with Gasteiger partial charge in [-0.25, -0.2) is 9.50 Å². The van der Waals surface area contributed by atoms with Crippen molar-refractivity contribution in [2.75, 3.05) is 11.9 Å². The van der Waals surface area contributed by atoms with Crippen LogP contribution in [-0.2, 0) is 5.41 Å². The van der Waals surface area contributed by atoms with Crippen molar-refractivity contribution in [2.45, 2.75) is 58.0 Å². The number of nitrogens with zero attached hydrogens (tertiary/aromatic N) is 3. The van der Waals surface area contributed by atoms with Gasteiger partial charge in [-0.2, -0.15) is 0 Å². The third-order valence-electron chi connectivity index (χ3n) is 4.22. The van der Waals surface area contributed by atoms with Gasteiger partial charge in [0.1, 0.15) is 0 Å². The highest BCUT2D eigenvalue weighted by atomic mass is 32.1. The molecule has 6 heteroatoms. The number of hydrogen-bond donors (Lipinski definition) is 2. The Kier molecular flexibility index (Phi) is 3.92. The zero-order chi connectivity index (χ0) is 15.0. The van der Waals surface area contributed by atoms with Crippen molar-refractivity contribution in [2.24, 2.45) is 5.92 Å². The van der Waals surface area contributed by atoms with Crippen LogP contribution in [0.3, 0.4) is 0 Å². The van der Waals surface area contributed by atoms with Crippen molar-refractivity contribution in [1.29, 1.82) is 0 Å². The molecule has 116 valence electrons. The van der Waals surface area contributed by atoms with Crippen LogP contribution >= 0.6 is 11.3 Å². The molecule has 0 aliphatic heterocycles. The Morgan fingerprint density at radius 1 is 1.43 bits per heavy atom. The number of imidazole rings is 1. The van der Waals surface area contributed by atoms with Gasteiger partial charge < -0.3 is 10.4 Å². The van der Waals surface area contributed by atoms with Crippen molar-refractivity contribution in [3.05, 3.63) is 11.9 Å². The van der Waals surface area contributed by atoms with Crippen LogP contribution in [0.2, 0.25) is 0 Å². The summed E-state index contributed by atoms with van der Waals surface area (Å²) in [6, 6.07) is 0. The molecule has 3 rings (SSSR count). The number of rotatable bonds is 4. The van der Waals surface area contributed by atoms with Gasteiger partial charge in [0.05, 0.1) is 18.0 Å². The van der Waals surface area contributed by atoms with Crippen molar-refractivity contribution in [3.63, 3.8) is 0 Å². The molecule has 1 atom stereocenters. The summed E-state index contributed by atoms with van der Waals surface area (Å²) < 4.78 is 1.83. The molecule has 1 unspecified atom stereocenters. The Labute approximate surface area is 129 Å². The highest BCUT2D eigenvalue weighted by Gasteiger charge is 2.23. The van der Waals surface area contributed by atoms with Gasteiger partial charge in [0, 0.05) is 12.0 Å². The van der Waals surface area contributed by atoms with Crippen molar-refractivity contribution >= 4 is 21.4 Å².